The summed E-state index contributed by atoms with van der Waals surface area (Å²) in [6.07, 6.45) is 0. The molecule has 1 aromatic heterocycles. The second-order valence-corrected chi connectivity index (χ2v) is 5.32. The van der Waals surface area contributed by atoms with Gasteiger partial charge in [0.1, 0.15) is 11.8 Å². The van der Waals surface area contributed by atoms with Crippen LogP contribution < -0.4 is 10.6 Å². The number of carbonyl (C=O) groups excluding carboxylic acids is 1. The van der Waals surface area contributed by atoms with E-state index in [0.717, 1.165) is 0 Å². The molecule has 3 rings (SSSR count). The van der Waals surface area contributed by atoms with E-state index < -0.39 is 0 Å². The highest BCUT2D eigenvalue weighted by atomic mass is 16.1. The molecular formula is C19H15N5O. The summed E-state index contributed by atoms with van der Waals surface area (Å²) >= 11 is 0. The molecule has 25 heavy (non-hydrogen) atoms. The van der Waals surface area contributed by atoms with Gasteiger partial charge >= 0.3 is 0 Å². The minimum atomic E-state index is -0.326. The number of nitrogens with zero attached hydrogens (tertiary/aromatic N) is 3. The number of hydrogen-bond acceptors (Lipinski definition) is 5. The van der Waals surface area contributed by atoms with Crippen molar-refractivity contribution in [2.24, 2.45) is 0 Å². The van der Waals surface area contributed by atoms with Crippen LogP contribution >= 0.6 is 0 Å². The van der Waals surface area contributed by atoms with Gasteiger partial charge in [-0.3, -0.25) is 4.79 Å². The van der Waals surface area contributed by atoms with Gasteiger partial charge in [0, 0.05) is 11.4 Å². The maximum absolute atomic E-state index is 12.4. The summed E-state index contributed by atoms with van der Waals surface area (Å²) < 4.78 is 0. The Balaban J connectivity index is 1.85. The van der Waals surface area contributed by atoms with E-state index in [9.17, 15) is 4.79 Å². The van der Waals surface area contributed by atoms with Crippen molar-refractivity contribution in [2.45, 2.75) is 6.92 Å². The Morgan fingerprint density at radius 2 is 1.76 bits per heavy atom. The predicted molar refractivity (Wildman–Crippen MR) is 95.6 cm³/mol. The molecule has 122 valence electrons. The number of nitrogens with one attached hydrogen (secondary N) is 2. The van der Waals surface area contributed by atoms with Crippen LogP contribution in [0.15, 0.2) is 60.7 Å². The van der Waals surface area contributed by atoms with Gasteiger partial charge in [0.05, 0.1) is 11.3 Å². The number of carbonyl (C=O) groups is 1. The first-order chi connectivity index (χ1) is 12.2. The van der Waals surface area contributed by atoms with Gasteiger partial charge in [-0.1, -0.05) is 30.3 Å². The van der Waals surface area contributed by atoms with E-state index in [1.165, 1.54) is 0 Å². The first-order valence-electron chi connectivity index (χ1n) is 7.64. The third-order valence-corrected chi connectivity index (χ3v) is 3.41. The number of nitriles is 1. The molecule has 0 radical (unpaired) electrons. The molecule has 1 heterocycles. The van der Waals surface area contributed by atoms with E-state index in [2.05, 4.69) is 26.7 Å². The molecule has 0 unspecified atom stereocenters. The van der Waals surface area contributed by atoms with Crippen LogP contribution in [0.5, 0.6) is 0 Å². The van der Waals surface area contributed by atoms with Crippen molar-refractivity contribution < 1.29 is 4.79 Å². The predicted octanol–water partition coefficient (Wildman–Crippen LogP) is 3.65. The van der Waals surface area contributed by atoms with Gasteiger partial charge in [0.2, 0.25) is 5.95 Å². The lowest BCUT2D eigenvalue weighted by atomic mass is 10.2. The van der Waals surface area contributed by atoms with Gasteiger partial charge in [-0.15, -0.1) is 0 Å². The van der Waals surface area contributed by atoms with Crippen LogP contribution in [0.3, 0.4) is 0 Å². The Hall–Kier alpha value is -3.72. The third kappa shape index (κ3) is 3.98. The van der Waals surface area contributed by atoms with Crippen molar-refractivity contribution in [3.8, 4) is 6.07 Å². The van der Waals surface area contributed by atoms with E-state index in [0.29, 0.717) is 22.6 Å². The molecule has 2 aromatic carbocycles. The summed E-state index contributed by atoms with van der Waals surface area (Å²) in [4.78, 5) is 21.0. The van der Waals surface area contributed by atoms with Crippen LogP contribution in [-0.2, 0) is 0 Å². The number of para-hydroxylation sites is 2. The number of anilines is 3. The Kier molecular flexibility index (Phi) is 4.67. The van der Waals surface area contributed by atoms with Crippen LogP contribution in [0, 0.1) is 18.3 Å². The fraction of sp³-hybridized carbons (Fsp3) is 0.0526. The molecule has 0 aliphatic rings. The molecule has 0 bridgehead atoms. The van der Waals surface area contributed by atoms with Crippen molar-refractivity contribution in [1.82, 2.24) is 9.97 Å². The second-order valence-electron chi connectivity index (χ2n) is 5.32. The maximum Gasteiger partial charge on any atom is 0.274 e. The molecule has 3 aromatic rings. The van der Waals surface area contributed by atoms with E-state index in [4.69, 9.17) is 5.26 Å². The fourth-order valence-electron chi connectivity index (χ4n) is 2.27. The number of amides is 1. The minimum Gasteiger partial charge on any atom is -0.323 e. The van der Waals surface area contributed by atoms with E-state index >= 15 is 0 Å². The summed E-state index contributed by atoms with van der Waals surface area (Å²) in [7, 11) is 0. The number of aryl methyl sites for hydroxylation is 1. The molecule has 0 atom stereocenters. The zero-order valence-electron chi connectivity index (χ0n) is 13.5. The molecular weight excluding hydrogens is 314 g/mol. The lowest BCUT2D eigenvalue weighted by molar-refractivity contribution is 0.102. The van der Waals surface area contributed by atoms with E-state index in [-0.39, 0.29) is 17.5 Å². The van der Waals surface area contributed by atoms with Gasteiger partial charge < -0.3 is 10.6 Å². The van der Waals surface area contributed by atoms with Gasteiger partial charge in [0.15, 0.2) is 0 Å². The molecule has 0 fully saturated rings. The van der Waals surface area contributed by atoms with Gasteiger partial charge in [0.25, 0.3) is 5.91 Å². The molecule has 0 saturated carbocycles. The minimum absolute atomic E-state index is 0.244. The summed E-state index contributed by atoms with van der Waals surface area (Å²) in [5, 5.41) is 15.0. The van der Waals surface area contributed by atoms with Gasteiger partial charge in [-0.05, 0) is 37.3 Å². The lowest BCUT2D eigenvalue weighted by Gasteiger charge is -2.09. The van der Waals surface area contributed by atoms with Crippen molar-refractivity contribution in [3.63, 3.8) is 0 Å². The highest BCUT2D eigenvalue weighted by molar-refractivity contribution is 6.03. The highest BCUT2D eigenvalue weighted by Crippen LogP contribution is 2.18. The molecule has 1 amide bonds. The zero-order chi connectivity index (χ0) is 17.6. The Morgan fingerprint density at radius 3 is 2.52 bits per heavy atom. The van der Waals surface area contributed by atoms with Crippen molar-refractivity contribution in [1.29, 1.82) is 5.26 Å². The zero-order valence-corrected chi connectivity index (χ0v) is 13.5. The maximum atomic E-state index is 12.4. The average molecular weight is 329 g/mol. The van der Waals surface area contributed by atoms with Crippen LogP contribution in [0.25, 0.3) is 0 Å². The summed E-state index contributed by atoms with van der Waals surface area (Å²) in [5.41, 5.74) is 2.64. The molecule has 6 nitrogen and oxygen atoms in total. The molecule has 2 N–H and O–H groups in total. The average Bonchev–Trinajstić information content (AvgIpc) is 2.62. The second kappa shape index (κ2) is 7.23. The van der Waals surface area contributed by atoms with E-state index in [1.54, 1.807) is 43.3 Å². The SMILES string of the molecule is Cc1cc(C(=O)Nc2ccccc2)nc(Nc2ccccc2C#N)n1. The van der Waals surface area contributed by atoms with Crippen LogP contribution in [0.1, 0.15) is 21.7 Å². The number of hydrogen-bond donors (Lipinski definition) is 2. The molecule has 0 spiro atoms. The van der Waals surface area contributed by atoms with Crippen molar-refractivity contribution in [2.75, 3.05) is 10.6 Å². The van der Waals surface area contributed by atoms with Crippen molar-refractivity contribution in [3.05, 3.63) is 77.6 Å². The normalized spacial score (nSPS) is 9.92. The standard InChI is InChI=1S/C19H15N5O/c1-13-11-17(18(25)22-15-8-3-2-4-9-15)24-19(21-13)23-16-10-6-5-7-14(16)12-20/h2-11H,1H3,(H,22,25)(H,21,23,24). The molecule has 0 aliphatic carbocycles. The number of benzene rings is 2. The van der Waals surface area contributed by atoms with Gasteiger partial charge in [-0.2, -0.15) is 5.26 Å². The highest BCUT2D eigenvalue weighted by Gasteiger charge is 2.12. The van der Waals surface area contributed by atoms with Crippen LogP contribution in [0.2, 0.25) is 0 Å². The lowest BCUT2D eigenvalue weighted by Crippen LogP contribution is -2.15. The van der Waals surface area contributed by atoms with Crippen LogP contribution in [0.4, 0.5) is 17.3 Å². The topological polar surface area (TPSA) is 90.7 Å². The summed E-state index contributed by atoms with van der Waals surface area (Å²) in [5.74, 6) is -0.0609. The van der Waals surface area contributed by atoms with E-state index in [1.807, 2.05) is 24.3 Å². The largest absolute Gasteiger partial charge is 0.323 e. The van der Waals surface area contributed by atoms with Crippen LogP contribution in [-0.4, -0.2) is 15.9 Å². The number of aromatic nitrogens is 2. The quantitative estimate of drug-likeness (QED) is 0.762. The first-order valence-corrected chi connectivity index (χ1v) is 7.64. The smallest absolute Gasteiger partial charge is 0.274 e. The summed E-state index contributed by atoms with van der Waals surface area (Å²) in [6, 6.07) is 19.9. The Morgan fingerprint density at radius 1 is 1.04 bits per heavy atom. The third-order valence-electron chi connectivity index (χ3n) is 3.41. The summed E-state index contributed by atoms with van der Waals surface area (Å²) in [6.45, 7) is 1.78. The molecule has 6 heteroatoms. The monoisotopic (exact) mass is 329 g/mol. The van der Waals surface area contributed by atoms with Gasteiger partial charge in [-0.25, -0.2) is 9.97 Å². The number of rotatable bonds is 4. The fourth-order valence-corrected chi connectivity index (χ4v) is 2.27. The first kappa shape index (κ1) is 16.1. The molecule has 0 saturated heterocycles. The Bertz CT molecular complexity index is 948. The van der Waals surface area contributed by atoms with Crippen molar-refractivity contribution >= 4 is 23.2 Å². The Labute approximate surface area is 145 Å². The molecule has 0 aliphatic heterocycles.